The molecule has 0 heterocycles. The van der Waals surface area contributed by atoms with Crippen molar-refractivity contribution in [3.63, 3.8) is 0 Å². The Kier molecular flexibility index (Phi) is 10.5. The summed E-state index contributed by atoms with van der Waals surface area (Å²) in [5.74, 6) is -1.81. The van der Waals surface area contributed by atoms with Gasteiger partial charge in [0.1, 0.15) is 18.9 Å². The maximum atomic E-state index is 12.0. The summed E-state index contributed by atoms with van der Waals surface area (Å²) in [5, 5.41) is 7.71. The van der Waals surface area contributed by atoms with E-state index < -0.39 is 36.8 Å². The van der Waals surface area contributed by atoms with Gasteiger partial charge in [0, 0.05) is 5.02 Å². The minimum Gasteiger partial charge on any atom is -0.492 e. The fraction of sp³-hybridized carbons (Fsp3) is 0.273. The predicted octanol–water partition coefficient (Wildman–Crippen LogP) is 1.89. The zero-order chi connectivity index (χ0) is 24.2. The summed E-state index contributed by atoms with van der Waals surface area (Å²) in [6.45, 7) is 1.10. The highest BCUT2D eigenvalue weighted by Gasteiger charge is 2.13. The van der Waals surface area contributed by atoms with E-state index in [1.54, 1.807) is 0 Å². The normalized spacial score (nSPS) is 10.2. The van der Waals surface area contributed by atoms with Gasteiger partial charge in [-0.3, -0.25) is 19.2 Å². The highest BCUT2D eigenvalue weighted by Crippen LogP contribution is 2.20. The lowest BCUT2D eigenvalue weighted by atomic mass is 10.2. The van der Waals surface area contributed by atoms with Crippen molar-refractivity contribution in [1.29, 1.82) is 0 Å². The van der Waals surface area contributed by atoms with Gasteiger partial charge in [-0.2, -0.15) is 0 Å². The smallest absolute Gasteiger partial charge is 0.325 e. The number of benzene rings is 2. The summed E-state index contributed by atoms with van der Waals surface area (Å²) < 4.78 is 10.3. The van der Waals surface area contributed by atoms with E-state index in [0.29, 0.717) is 10.8 Å². The van der Waals surface area contributed by atoms with Crippen LogP contribution in [-0.4, -0.2) is 56.5 Å². The molecule has 0 unspecified atom stereocenters. The van der Waals surface area contributed by atoms with Crippen molar-refractivity contribution in [1.82, 2.24) is 16.0 Å². The van der Waals surface area contributed by atoms with Crippen LogP contribution >= 0.6 is 23.2 Å². The second kappa shape index (κ2) is 13.3. The molecular weight excluding hydrogens is 473 g/mol. The minimum absolute atomic E-state index is 0.143. The number of carbonyl (C=O) groups excluding carboxylic acids is 4. The summed E-state index contributed by atoms with van der Waals surface area (Å²) in [7, 11) is 0. The fourth-order valence-electron chi connectivity index (χ4n) is 2.48. The molecule has 0 saturated carbocycles. The molecule has 11 heteroatoms. The van der Waals surface area contributed by atoms with Gasteiger partial charge in [0.05, 0.1) is 23.7 Å². The highest BCUT2D eigenvalue weighted by molar-refractivity contribution is 6.36. The van der Waals surface area contributed by atoms with Gasteiger partial charge in [0.2, 0.25) is 5.91 Å². The molecule has 0 radical (unpaired) electrons. The van der Waals surface area contributed by atoms with Gasteiger partial charge in [0.15, 0.2) is 6.61 Å². The van der Waals surface area contributed by atoms with Crippen molar-refractivity contribution in [3.05, 3.63) is 63.6 Å². The van der Waals surface area contributed by atoms with Gasteiger partial charge in [-0.05, 0) is 42.8 Å². The van der Waals surface area contributed by atoms with Gasteiger partial charge >= 0.3 is 5.97 Å². The van der Waals surface area contributed by atoms with E-state index in [9.17, 15) is 19.2 Å². The number of ether oxygens (including phenoxy) is 2. The Balaban J connectivity index is 1.57. The molecule has 0 saturated heterocycles. The largest absolute Gasteiger partial charge is 0.492 e. The van der Waals surface area contributed by atoms with Crippen LogP contribution in [0.3, 0.4) is 0 Å². The first kappa shape index (κ1) is 26.0. The molecule has 0 bridgehead atoms. The van der Waals surface area contributed by atoms with E-state index >= 15 is 0 Å². The van der Waals surface area contributed by atoms with E-state index in [2.05, 4.69) is 16.0 Å². The zero-order valence-corrected chi connectivity index (χ0v) is 19.3. The first-order chi connectivity index (χ1) is 15.7. The molecule has 0 fully saturated rings. The van der Waals surface area contributed by atoms with Crippen LogP contribution in [0.5, 0.6) is 5.75 Å². The average molecular weight is 496 g/mol. The van der Waals surface area contributed by atoms with E-state index in [-0.39, 0.29) is 30.3 Å². The van der Waals surface area contributed by atoms with E-state index in [1.807, 2.05) is 31.2 Å². The topological polar surface area (TPSA) is 123 Å². The number of carbonyl (C=O) groups is 4. The maximum absolute atomic E-state index is 12.0. The number of aryl methyl sites for hydroxylation is 1. The second-order valence-corrected chi connectivity index (χ2v) is 7.60. The standard InChI is InChI=1S/C22H23Cl2N3O6/c1-14-3-2-4-16(9-14)32-8-7-25-20(29)13-33-21(30)12-26-19(28)11-27-22(31)17-6-5-15(23)10-18(17)24/h2-6,9-10H,7-8,11-13H2,1H3,(H,25,29)(H,26,28)(H,27,31). The molecule has 2 aromatic rings. The van der Waals surface area contributed by atoms with Crippen molar-refractivity contribution in [2.75, 3.05) is 32.8 Å². The minimum atomic E-state index is -0.804. The molecule has 0 aliphatic rings. The molecule has 3 amide bonds. The Hall–Kier alpha value is -3.30. The third-order valence-corrected chi connectivity index (χ3v) is 4.61. The number of amides is 3. The van der Waals surface area contributed by atoms with Crippen molar-refractivity contribution < 1.29 is 28.7 Å². The van der Waals surface area contributed by atoms with E-state index in [1.165, 1.54) is 18.2 Å². The molecule has 33 heavy (non-hydrogen) atoms. The van der Waals surface area contributed by atoms with Crippen LogP contribution in [0.25, 0.3) is 0 Å². The summed E-state index contributed by atoms with van der Waals surface area (Å²) in [6, 6.07) is 11.8. The molecule has 0 atom stereocenters. The predicted molar refractivity (Wildman–Crippen MR) is 122 cm³/mol. The van der Waals surface area contributed by atoms with Gasteiger partial charge in [-0.25, -0.2) is 0 Å². The van der Waals surface area contributed by atoms with Gasteiger partial charge < -0.3 is 25.4 Å². The lowest BCUT2D eigenvalue weighted by Gasteiger charge is -2.10. The summed E-state index contributed by atoms with van der Waals surface area (Å²) in [5.41, 5.74) is 1.22. The first-order valence-electron chi connectivity index (χ1n) is 9.86. The van der Waals surface area contributed by atoms with Crippen LogP contribution in [0.4, 0.5) is 0 Å². The average Bonchev–Trinajstić information content (AvgIpc) is 2.77. The van der Waals surface area contributed by atoms with Crippen molar-refractivity contribution in [3.8, 4) is 5.75 Å². The lowest BCUT2D eigenvalue weighted by Crippen LogP contribution is -2.40. The highest BCUT2D eigenvalue weighted by atomic mass is 35.5. The number of hydrogen-bond acceptors (Lipinski definition) is 6. The van der Waals surface area contributed by atoms with Gasteiger partial charge in [-0.1, -0.05) is 35.3 Å². The first-order valence-corrected chi connectivity index (χ1v) is 10.6. The number of nitrogens with one attached hydrogen (secondary N) is 3. The monoisotopic (exact) mass is 495 g/mol. The Labute approximate surface area is 200 Å². The Morgan fingerprint density at radius 3 is 2.42 bits per heavy atom. The lowest BCUT2D eigenvalue weighted by molar-refractivity contribution is -0.148. The third kappa shape index (κ3) is 9.80. The molecule has 176 valence electrons. The number of halogens is 2. The Morgan fingerprint density at radius 1 is 0.909 bits per heavy atom. The van der Waals surface area contributed by atoms with Crippen molar-refractivity contribution in [2.24, 2.45) is 0 Å². The molecule has 2 rings (SSSR count). The molecule has 3 N–H and O–H groups in total. The molecule has 2 aromatic carbocycles. The Bertz CT molecular complexity index is 1020. The fourth-order valence-corrected chi connectivity index (χ4v) is 2.97. The van der Waals surface area contributed by atoms with Crippen molar-refractivity contribution in [2.45, 2.75) is 6.92 Å². The molecule has 0 spiro atoms. The SMILES string of the molecule is Cc1cccc(OCCNC(=O)COC(=O)CNC(=O)CNC(=O)c2ccc(Cl)cc2Cl)c1. The number of rotatable bonds is 11. The van der Waals surface area contributed by atoms with Crippen LogP contribution < -0.4 is 20.7 Å². The molecule has 0 aromatic heterocycles. The van der Waals surface area contributed by atoms with Crippen LogP contribution in [0.2, 0.25) is 10.0 Å². The summed E-state index contributed by atoms with van der Waals surface area (Å²) in [6.07, 6.45) is 0. The van der Waals surface area contributed by atoms with Crippen LogP contribution in [-0.2, 0) is 19.1 Å². The number of hydrogen-bond donors (Lipinski definition) is 3. The molecule has 0 aliphatic carbocycles. The van der Waals surface area contributed by atoms with Gasteiger partial charge in [-0.15, -0.1) is 0 Å². The third-order valence-electron chi connectivity index (χ3n) is 4.06. The van der Waals surface area contributed by atoms with E-state index in [0.717, 1.165) is 5.56 Å². The second-order valence-electron chi connectivity index (χ2n) is 6.76. The zero-order valence-electron chi connectivity index (χ0n) is 17.8. The number of esters is 1. The quantitative estimate of drug-likeness (QED) is 0.323. The van der Waals surface area contributed by atoms with Crippen LogP contribution in [0, 0.1) is 6.92 Å². The molecule has 9 nitrogen and oxygen atoms in total. The molecular formula is C22H23Cl2N3O6. The van der Waals surface area contributed by atoms with Gasteiger partial charge in [0.25, 0.3) is 11.8 Å². The molecule has 0 aliphatic heterocycles. The van der Waals surface area contributed by atoms with Crippen LogP contribution in [0.15, 0.2) is 42.5 Å². The summed E-state index contributed by atoms with van der Waals surface area (Å²) >= 11 is 11.7. The van der Waals surface area contributed by atoms with Crippen LogP contribution in [0.1, 0.15) is 15.9 Å². The maximum Gasteiger partial charge on any atom is 0.325 e. The van der Waals surface area contributed by atoms with Crippen molar-refractivity contribution >= 4 is 46.9 Å². The van der Waals surface area contributed by atoms with E-state index in [4.69, 9.17) is 32.7 Å². The Morgan fingerprint density at radius 2 is 1.70 bits per heavy atom. The summed E-state index contributed by atoms with van der Waals surface area (Å²) in [4.78, 5) is 47.2.